The molecule has 0 atom stereocenters. The number of thiazole rings is 2. The summed E-state index contributed by atoms with van der Waals surface area (Å²) in [5.41, 5.74) is 13.6. The SMILES string of the molecule is C1=CC(c2nc(-c3ccccc3)nc(-c3ccc4sc(-c5cccc(-c6ccc7c(c6)c6ccccc6n7-c6ccc7scnc7c6)c5)nc4c3)n2)=CCC1. The van der Waals surface area contributed by atoms with E-state index < -0.39 is 0 Å². The van der Waals surface area contributed by atoms with Crippen molar-refractivity contribution in [2.24, 2.45) is 0 Å². The van der Waals surface area contributed by atoms with Gasteiger partial charge in [0.05, 0.1) is 37.0 Å². The van der Waals surface area contributed by atoms with Gasteiger partial charge in [0.25, 0.3) is 0 Å². The Kier molecular flexibility index (Phi) is 7.57. The van der Waals surface area contributed by atoms with Crippen molar-refractivity contribution in [3.63, 3.8) is 0 Å². The van der Waals surface area contributed by atoms with E-state index in [0.717, 1.165) is 67.1 Å². The second-order valence-corrected chi connectivity index (χ2v) is 15.6. The Morgan fingerprint density at radius 2 is 1.27 bits per heavy atom. The second-order valence-electron chi connectivity index (χ2n) is 13.7. The van der Waals surface area contributed by atoms with Crippen LogP contribution in [0, 0.1) is 0 Å². The molecule has 6 nitrogen and oxygen atoms in total. The molecule has 0 bridgehead atoms. The fraction of sp³-hybridized carbons (Fsp3) is 0.0426. The normalized spacial score (nSPS) is 13.0. The number of allylic oxidation sites excluding steroid dienone is 4. The van der Waals surface area contributed by atoms with E-state index in [2.05, 4.69) is 131 Å². The molecule has 6 aromatic carbocycles. The summed E-state index contributed by atoms with van der Waals surface area (Å²) in [5.74, 6) is 1.99. The lowest BCUT2D eigenvalue weighted by Gasteiger charge is -2.10. The molecule has 0 aliphatic heterocycles. The van der Waals surface area contributed by atoms with Gasteiger partial charge in [0.2, 0.25) is 0 Å². The monoisotopic (exact) mass is 742 g/mol. The third-order valence-corrected chi connectivity index (χ3v) is 12.1. The van der Waals surface area contributed by atoms with E-state index in [0.29, 0.717) is 17.5 Å². The van der Waals surface area contributed by atoms with Crippen LogP contribution in [0.1, 0.15) is 18.7 Å². The van der Waals surface area contributed by atoms with Crippen LogP contribution in [0.15, 0.2) is 157 Å². The van der Waals surface area contributed by atoms with Gasteiger partial charge in [0.15, 0.2) is 17.5 Å². The van der Waals surface area contributed by atoms with E-state index in [1.807, 2.05) is 35.8 Å². The van der Waals surface area contributed by atoms with Gasteiger partial charge >= 0.3 is 0 Å². The molecule has 0 unspecified atom stereocenters. The summed E-state index contributed by atoms with van der Waals surface area (Å²) in [6.45, 7) is 0. The van der Waals surface area contributed by atoms with Crippen LogP contribution >= 0.6 is 22.7 Å². The first-order chi connectivity index (χ1) is 27.2. The summed E-state index contributed by atoms with van der Waals surface area (Å²) in [6, 6.07) is 47.2. The molecule has 0 spiro atoms. The highest BCUT2D eigenvalue weighted by Gasteiger charge is 2.17. The topological polar surface area (TPSA) is 69.4 Å². The van der Waals surface area contributed by atoms with Gasteiger partial charge in [-0.15, -0.1) is 22.7 Å². The highest BCUT2D eigenvalue weighted by Crippen LogP contribution is 2.38. The van der Waals surface area contributed by atoms with Crippen molar-refractivity contribution in [3.8, 4) is 50.2 Å². The maximum absolute atomic E-state index is 5.16. The quantitative estimate of drug-likeness (QED) is 0.170. The highest BCUT2D eigenvalue weighted by atomic mass is 32.1. The number of hydrogen-bond donors (Lipinski definition) is 0. The first-order valence-corrected chi connectivity index (χ1v) is 20.0. The third kappa shape index (κ3) is 5.66. The third-order valence-electron chi connectivity index (χ3n) is 10.3. The maximum atomic E-state index is 5.16. The predicted molar refractivity (Wildman–Crippen MR) is 229 cm³/mol. The van der Waals surface area contributed by atoms with Crippen LogP contribution in [0.4, 0.5) is 0 Å². The Bertz CT molecular complexity index is 3170. The van der Waals surface area contributed by atoms with E-state index >= 15 is 0 Å². The number of para-hydroxylation sites is 1. The molecule has 11 rings (SSSR count). The molecule has 0 fully saturated rings. The van der Waals surface area contributed by atoms with Gasteiger partial charge in [0, 0.05) is 38.7 Å². The molecule has 0 amide bonds. The Labute approximate surface area is 324 Å². The molecule has 1 aliphatic rings. The fourth-order valence-corrected chi connectivity index (χ4v) is 9.17. The van der Waals surface area contributed by atoms with Crippen LogP contribution in [-0.2, 0) is 0 Å². The average Bonchev–Trinajstić information content (AvgIpc) is 3.99. The van der Waals surface area contributed by atoms with Gasteiger partial charge in [-0.25, -0.2) is 24.9 Å². The molecule has 0 saturated carbocycles. The van der Waals surface area contributed by atoms with Crippen LogP contribution in [-0.4, -0.2) is 29.5 Å². The summed E-state index contributed by atoms with van der Waals surface area (Å²) >= 11 is 3.37. The lowest BCUT2D eigenvalue weighted by atomic mass is 10.0. The number of aromatic nitrogens is 6. The van der Waals surface area contributed by atoms with Crippen molar-refractivity contribution >= 4 is 70.5 Å². The van der Waals surface area contributed by atoms with E-state index in [9.17, 15) is 0 Å². The molecule has 4 heterocycles. The predicted octanol–water partition coefficient (Wildman–Crippen LogP) is 12.6. The van der Waals surface area contributed by atoms with Crippen molar-refractivity contribution in [2.45, 2.75) is 12.8 Å². The fourth-order valence-electron chi connectivity index (χ4n) is 7.57. The standard InChI is InChI=1S/C47H30N6S2/c1-3-10-29(11-4-1)44-50-45(30-12-5-2-6-13-30)52-46(51-44)33-19-22-43-39(26-33)49-47(55-43)34-15-9-14-31(24-34)32-18-21-41-37(25-32)36-16-7-8-17-40(36)53(41)35-20-23-42-38(27-35)48-28-54-42/h1,3-5,7-28H,2,6H2. The summed E-state index contributed by atoms with van der Waals surface area (Å²) in [7, 11) is 0. The Hall–Kier alpha value is -6.61. The number of benzene rings is 6. The van der Waals surface area contributed by atoms with Crippen molar-refractivity contribution in [1.82, 2.24) is 29.5 Å². The van der Waals surface area contributed by atoms with Crippen LogP contribution < -0.4 is 0 Å². The highest BCUT2D eigenvalue weighted by molar-refractivity contribution is 7.21. The zero-order valence-corrected chi connectivity index (χ0v) is 31.1. The first kappa shape index (κ1) is 31.9. The molecule has 4 aromatic heterocycles. The zero-order valence-electron chi connectivity index (χ0n) is 29.4. The Morgan fingerprint density at radius 1 is 0.509 bits per heavy atom. The van der Waals surface area contributed by atoms with Gasteiger partial charge < -0.3 is 4.57 Å². The molecular formula is C47H30N6S2. The average molecular weight is 743 g/mol. The molecular weight excluding hydrogens is 713 g/mol. The van der Waals surface area contributed by atoms with Crippen molar-refractivity contribution in [2.75, 3.05) is 0 Å². The van der Waals surface area contributed by atoms with E-state index in [4.69, 9.17) is 19.9 Å². The molecule has 1 aliphatic carbocycles. The van der Waals surface area contributed by atoms with Gasteiger partial charge in [-0.05, 0) is 84.6 Å². The van der Waals surface area contributed by atoms with Crippen molar-refractivity contribution < 1.29 is 0 Å². The molecule has 10 aromatic rings. The molecule has 55 heavy (non-hydrogen) atoms. The lowest BCUT2D eigenvalue weighted by Crippen LogP contribution is -2.03. The largest absolute Gasteiger partial charge is 0.309 e. The van der Waals surface area contributed by atoms with Crippen LogP contribution in [0.5, 0.6) is 0 Å². The van der Waals surface area contributed by atoms with Gasteiger partial charge in [-0.1, -0.05) is 91.0 Å². The number of rotatable bonds is 6. The minimum atomic E-state index is 0.641. The van der Waals surface area contributed by atoms with Crippen LogP contribution in [0.25, 0.3) is 98.0 Å². The summed E-state index contributed by atoms with van der Waals surface area (Å²) in [6.07, 6.45) is 8.51. The molecule has 260 valence electrons. The van der Waals surface area contributed by atoms with Gasteiger partial charge in [-0.3, -0.25) is 0 Å². The molecule has 0 saturated heterocycles. The number of hydrogen-bond acceptors (Lipinski definition) is 7. The summed E-state index contributed by atoms with van der Waals surface area (Å²) in [5, 5.41) is 3.42. The lowest BCUT2D eigenvalue weighted by molar-refractivity contribution is 1.01. The summed E-state index contributed by atoms with van der Waals surface area (Å²) in [4.78, 5) is 24.6. The number of fused-ring (bicyclic) bond motifs is 5. The van der Waals surface area contributed by atoms with Gasteiger partial charge in [0.1, 0.15) is 5.01 Å². The van der Waals surface area contributed by atoms with Crippen molar-refractivity contribution in [3.05, 3.63) is 163 Å². The van der Waals surface area contributed by atoms with E-state index in [1.165, 1.54) is 32.1 Å². The minimum absolute atomic E-state index is 0.641. The maximum Gasteiger partial charge on any atom is 0.164 e. The van der Waals surface area contributed by atoms with E-state index in [-0.39, 0.29) is 0 Å². The minimum Gasteiger partial charge on any atom is -0.309 e. The second kappa shape index (κ2) is 13.1. The molecule has 0 radical (unpaired) electrons. The first-order valence-electron chi connectivity index (χ1n) is 18.3. The number of nitrogens with zero attached hydrogens (tertiary/aromatic N) is 6. The summed E-state index contributed by atoms with van der Waals surface area (Å²) < 4.78 is 4.66. The van der Waals surface area contributed by atoms with Crippen molar-refractivity contribution in [1.29, 1.82) is 0 Å². The molecule has 8 heteroatoms. The molecule has 0 N–H and O–H groups in total. The van der Waals surface area contributed by atoms with E-state index in [1.54, 1.807) is 22.7 Å². The smallest absolute Gasteiger partial charge is 0.164 e. The van der Waals surface area contributed by atoms with Gasteiger partial charge in [-0.2, -0.15) is 0 Å². The Morgan fingerprint density at radius 3 is 2.18 bits per heavy atom. The Balaban J connectivity index is 0.962. The zero-order chi connectivity index (χ0) is 36.3. The van der Waals surface area contributed by atoms with Crippen LogP contribution in [0.2, 0.25) is 0 Å². The van der Waals surface area contributed by atoms with Crippen LogP contribution in [0.3, 0.4) is 0 Å².